The van der Waals surface area contributed by atoms with E-state index in [0.29, 0.717) is 0 Å². The molecular formula is C11H24N2O. The topological polar surface area (TPSA) is 49.5 Å². The second-order valence-electron chi connectivity index (χ2n) is 4.41. The van der Waals surface area contributed by atoms with Gasteiger partial charge in [-0.3, -0.25) is 4.90 Å². The number of aliphatic hydroxyl groups is 1. The summed E-state index contributed by atoms with van der Waals surface area (Å²) in [4.78, 5) is 2.18. The average molecular weight is 200 g/mol. The lowest BCUT2D eigenvalue weighted by molar-refractivity contribution is 0.203. The van der Waals surface area contributed by atoms with Crippen molar-refractivity contribution in [2.45, 2.75) is 32.2 Å². The third-order valence-electron chi connectivity index (χ3n) is 2.10. The number of aliphatic hydroxyl groups excluding tert-OH is 1. The highest BCUT2D eigenvalue weighted by molar-refractivity contribution is 4.76. The van der Waals surface area contributed by atoms with Crippen LogP contribution in [-0.4, -0.2) is 41.8 Å². The van der Waals surface area contributed by atoms with Crippen molar-refractivity contribution in [2.75, 3.05) is 26.2 Å². The van der Waals surface area contributed by atoms with Crippen molar-refractivity contribution < 1.29 is 5.11 Å². The Morgan fingerprint density at radius 1 is 1.43 bits per heavy atom. The maximum absolute atomic E-state index is 8.82. The van der Waals surface area contributed by atoms with Crippen molar-refractivity contribution in [3.05, 3.63) is 12.7 Å². The van der Waals surface area contributed by atoms with Gasteiger partial charge < -0.3 is 10.8 Å². The molecule has 3 heteroatoms. The van der Waals surface area contributed by atoms with E-state index in [1.807, 2.05) is 19.9 Å². The van der Waals surface area contributed by atoms with Gasteiger partial charge in [-0.2, -0.15) is 0 Å². The number of rotatable bonds is 8. The van der Waals surface area contributed by atoms with Gasteiger partial charge >= 0.3 is 0 Å². The van der Waals surface area contributed by atoms with Crippen molar-refractivity contribution >= 4 is 0 Å². The van der Waals surface area contributed by atoms with Crippen LogP contribution in [0.4, 0.5) is 0 Å². The van der Waals surface area contributed by atoms with Gasteiger partial charge in [0.05, 0.1) is 6.61 Å². The summed E-state index contributed by atoms with van der Waals surface area (Å²) in [6.07, 6.45) is 3.94. The summed E-state index contributed by atoms with van der Waals surface area (Å²) in [6.45, 7) is 10.5. The lowest BCUT2D eigenvalue weighted by atomic mass is 10.00. The Morgan fingerprint density at radius 2 is 2.07 bits per heavy atom. The van der Waals surface area contributed by atoms with E-state index in [4.69, 9.17) is 10.8 Å². The van der Waals surface area contributed by atoms with Crippen LogP contribution in [-0.2, 0) is 0 Å². The molecule has 0 rings (SSSR count). The molecular weight excluding hydrogens is 176 g/mol. The largest absolute Gasteiger partial charge is 0.395 e. The molecule has 0 aliphatic rings. The molecule has 0 unspecified atom stereocenters. The summed E-state index contributed by atoms with van der Waals surface area (Å²) in [5.41, 5.74) is 5.80. The number of hydrogen-bond donors (Lipinski definition) is 2. The number of nitrogens with two attached hydrogens (primary N) is 1. The molecule has 3 nitrogen and oxygen atoms in total. The van der Waals surface area contributed by atoms with Gasteiger partial charge in [0.2, 0.25) is 0 Å². The van der Waals surface area contributed by atoms with Gasteiger partial charge in [-0.15, -0.1) is 6.58 Å². The smallest absolute Gasteiger partial charge is 0.0558 e. The molecule has 0 radical (unpaired) electrons. The monoisotopic (exact) mass is 200 g/mol. The normalized spacial score (nSPS) is 12.1. The van der Waals surface area contributed by atoms with Crippen LogP contribution < -0.4 is 5.73 Å². The SMILES string of the molecule is C=CCN(CCO)CCCC(C)(C)N. The first-order valence-electron chi connectivity index (χ1n) is 5.22. The van der Waals surface area contributed by atoms with Gasteiger partial charge in [-0.25, -0.2) is 0 Å². The minimum absolute atomic E-state index is 0.0843. The molecule has 3 N–H and O–H groups in total. The van der Waals surface area contributed by atoms with E-state index in [1.165, 1.54) is 0 Å². The Balaban J connectivity index is 3.65. The molecule has 0 spiro atoms. The molecule has 0 aromatic rings. The Kier molecular flexibility index (Phi) is 6.79. The van der Waals surface area contributed by atoms with Crippen LogP contribution in [0.25, 0.3) is 0 Å². The van der Waals surface area contributed by atoms with Gasteiger partial charge in [0.1, 0.15) is 0 Å². The first-order valence-corrected chi connectivity index (χ1v) is 5.22. The zero-order valence-corrected chi connectivity index (χ0v) is 9.50. The van der Waals surface area contributed by atoms with Crippen molar-refractivity contribution in [1.82, 2.24) is 4.90 Å². The van der Waals surface area contributed by atoms with Crippen LogP contribution >= 0.6 is 0 Å². The molecule has 0 heterocycles. The maximum atomic E-state index is 8.82. The predicted molar refractivity (Wildman–Crippen MR) is 61.2 cm³/mol. The summed E-state index contributed by atoms with van der Waals surface area (Å²) >= 11 is 0. The first kappa shape index (κ1) is 13.6. The quantitative estimate of drug-likeness (QED) is 0.574. The third kappa shape index (κ3) is 8.23. The molecule has 0 saturated carbocycles. The Hall–Kier alpha value is -0.380. The molecule has 0 aromatic heterocycles. The maximum Gasteiger partial charge on any atom is 0.0558 e. The van der Waals surface area contributed by atoms with Crippen LogP contribution in [0.3, 0.4) is 0 Å². The lowest BCUT2D eigenvalue weighted by Crippen LogP contribution is -2.34. The highest BCUT2D eigenvalue weighted by Gasteiger charge is 2.10. The van der Waals surface area contributed by atoms with Gasteiger partial charge in [-0.1, -0.05) is 6.08 Å². The van der Waals surface area contributed by atoms with E-state index in [0.717, 1.165) is 32.5 Å². The van der Waals surface area contributed by atoms with Gasteiger partial charge in [0.25, 0.3) is 0 Å². The fraction of sp³-hybridized carbons (Fsp3) is 0.818. The number of hydrogen-bond acceptors (Lipinski definition) is 3. The zero-order chi connectivity index (χ0) is 11.0. The standard InChI is InChI=1S/C11H24N2O/c1-4-7-13(9-10-14)8-5-6-11(2,3)12/h4,14H,1,5-10,12H2,2-3H3. The van der Waals surface area contributed by atoms with Crippen LogP contribution in [0.2, 0.25) is 0 Å². The molecule has 0 atom stereocenters. The molecule has 0 aliphatic heterocycles. The van der Waals surface area contributed by atoms with E-state index in [9.17, 15) is 0 Å². The van der Waals surface area contributed by atoms with E-state index >= 15 is 0 Å². The van der Waals surface area contributed by atoms with Gasteiger partial charge in [0, 0.05) is 18.6 Å². The van der Waals surface area contributed by atoms with Gasteiger partial charge in [0.15, 0.2) is 0 Å². The minimum Gasteiger partial charge on any atom is -0.395 e. The van der Waals surface area contributed by atoms with Crippen molar-refractivity contribution in [1.29, 1.82) is 0 Å². The van der Waals surface area contributed by atoms with Crippen molar-refractivity contribution in [2.24, 2.45) is 5.73 Å². The fourth-order valence-electron chi connectivity index (χ4n) is 1.38. The van der Waals surface area contributed by atoms with E-state index in [1.54, 1.807) is 0 Å². The zero-order valence-electron chi connectivity index (χ0n) is 9.50. The van der Waals surface area contributed by atoms with E-state index in [-0.39, 0.29) is 12.1 Å². The van der Waals surface area contributed by atoms with Crippen molar-refractivity contribution in [3.63, 3.8) is 0 Å². The molecule has 0 aromatic carbocycles. The summed E-state index contributed by atoms with van der Waals surface area (Å²) in [5, 5.41) is 8.82. The summed E-state index contributed by atoms with van der Waals surface area (Å²) in [6, 6.07) is 0. The molecule has 0 aliphatic carbocycles. The molecule has 0 amide bonds. The van der Waals surface area contributed by atoms with E-state index < -0.39 is 0 Å². The molecule has 84 valence electrons. The molecule has 0 fully saturated rings. The van der Waals surface area contributed by atoms with Crippen LogP contribution in [0.15, 0.2) is 12.7 Å². The third-order valence-corrected chi connectivity index (χ3v) is 2.10. The lowest BCUT2D eigenvalue weighted by Gasteiger charge is -2.23. The summed E-state index contributed by atoms with van der Waals surface area (Å²) in [5.74, 6) is 0. The van der Waals surface area contributed by atoms with Crippen LogP contribution in [0.5, 0.6) is 0 Å². The molecule has 0 saturated heterocycles. The van der Waals surface area contributed by atoms with Gasteiger partial charge in [-0.05, 0) is 33.2 Å². The summed E-state index contributed by atoms with van der Waals surface area (Å²) in [7, 11) is 0. The fourth-order valence-corrected chi connectivity index (χ4v) is 1.38. The second kappa shape index (κ2) is 6.98. The van der Waals surface area contributed by atoms with Crippen LogP contribution in [0, 0.1) is 0 Å². The number of nitrogens with zero attached hydrogens (tertiary/aromatic N) is 1. The van der Waals surface area contributed by atoms with Crippen LogP contribution in [0.1, 0.15) is 26.7 Å². The Bertz CT molecular complexity index is 152. The van der Waals surface area contributed by atoms with E-state index in [2.05, 4.69) is 11.5 Å². The Morgan fingerprint density at radius 3 is 2.50 bits per heavy atom. The van der Waals surface area contributed by atoms with Crippen molar-refractivity contribution in [3.8, 4) is 0 Å². The minimum atomic E-state index is -0.0843. The molecule has 0 bridgehead atoms. The highest BCUT2D eigenvalue weighted by Crippen LogP contribution is 2.07. The first-order chi connectivity index (χ1) is 6.49. The average Bonchev–Trinajstić information content (AvgIpc) is 2.02. The predicted octanol–water partition coefficient (Wildman–Crippen LogP) is 0.984. The Labute approximate surface area is 87.6 Å². The highest BCUT2D eigenvalue weighted by atomic mass is 16.3. The summed E-state index contributed by atoms with van der Waals surface area (Å²) < 4.78 is 0. The molecule has 14 heavy (non-hydrogen) atoms. The second-order valence-corrected chi connectivity index (χ2v) is 4.41.